The third-order valence-electron chi connectivity index (χ3n) is 4.11. The molecule has 3 aromatic rings. The zero-order valence-electron chi connectivity index (χ0n) is 14.8. The first-order valence-corrected chi connectivity index (χ1v) is 10.0. The molecule has 0 bridgehead atoms. The van der Waals surface area contributed by atoms with Gasteiger partial charge in [0.2, 0.25) is 5.78 Å². The van der Waals surface area contributed by atoms with Crippen molar-refractivity contribution < 1.29 is 14.3 Å². The number of hydrogen-bond donors (Lipinski definition) is 0. The monoisotopic (exact) mass is 385 g/mol. The Bertz CT molecular complexity index is 928. The molecule has 4 nitrogen and oxygen atoms in total. The van der Waals surface area contributed by atoms with Crippen LogP contribution in [0.15, 0.2) is 40.4 Å². The topological polar surface area (TPSA) is 56.3 Å². The molecule has 0 N–H and O–H groups in total. The first-order chi connectivity index (χ1) is 12.4. The molecule has 134 valence electrons. The van der Waals surface area contributed by atoms with E-state index in [1.807, 2.05) is 48.2 Å². The lowest BCUT2D eigenvalue weighted by Gasteiger charge is -2.13. The number of thiophene rings is 1. The number of ether oxygens (including phenoxy) is 1. The summed E-state index contributed by atoms with van der Waals surface area (Å²) < 4.78 is 5.32. The Balaban J connectivity index is 1.60. The molecular formula is C20H19NO3S2. The number of rotatable bonds is 6. The minimum absolute atomic E-state index is 0.0607. The standard InChI is InChI=1S/C20H19NO3S2/c1-12-4-5-15(8-13(12)2)19(23)14(3)24-18(22)9-17-11-26-20(21-17)16-6-7-25-10-16/h4-8,10-11,14H,9H2,1-3H3/t14-/m0/s1. The van der Waals surface area contributed by atoms with Crippen LogP contribution >= 0.6 is 22.7 Å². The van der Waals surface area contributed by atoms with E-state index in [4.69, 9.17) is 4.74 Å². The van der Waals surface area contributed by atoms with Crippen molar-refractivity contribution in [1.29, 1.82) is 0 Å². The summed E-state index contributed by atoms with van der Waals surface area (Å²) in [4.78, 5) is 29.1. The van der Waals surface area contributed by atoms with Gasteiger partial charge in [-0.25, -0.2) is 4.98 Å². The molecule has 0 amide bonds. The van der Waals surface area contributed by atoms with E-state index in [1.54, 1.807) is 24.3 Å². The van der Waals surface area contributed by atoms with Gasteiger partial charge in [0.25, 0.3) is 0 Å². The highest BCUT2D eigenvalue weighted by Gasteiger charge is 2.20. The van der Waals surface area contributed by atoms with Gasteiger partial charge in [-0.05, 0) is 49.4 Å². The van der Waals surface area contributed by atoms with Crippen molar-refractivity contribution in [2.45, 2.75) is 33.3 Å². The van der Waals surface area contributed by atoms with E-state index in [0.717, 1.165) is 21.7 Å². The largest absolute Gasteiger partial charge is 0.454 e. The minimum atomic E-state index is -0.820. The molecule has 1 aromatic carbocycles. The lowest BCUT2D eigenvalue weighted by atomic mass is 10.0. The molecule has 0 saturated heterocycles. The van der Waals surface area contributed by atoms with Crippen molar-refractivity contribution in [2.24, 2.45) is 0 Å². The summed E-state index contributed by atoms with van der Waals surface area (Å²) in [5, 5.41) is 6.74. The Kier molecular flexibility index (Phi) is 5.64. The summed E-state index contributed by atoms with van der Waals surface area (Å²) in [5.74, 6) is -0.643. The van der Waals surface area contributed by atoms with Crippen molar-refractivity contribution in [3.63, 3.8) is 0 Å². The number of aromatic nitrogens is 1. The number of carbonyl (C=O) groups is 2. The van der Waals surface area contributed by atoms with Gasteiger partial charge in [0.1, 0.15) is 5.01 Å². The third-order valence-corrected chi connectivity index (χ3v) is 5.74. The van der Waals surface area contributed by atoms with E-state index in [1.165, 1.54) is 11.3 Å². The van der Waals surface area contributed by atoms with Gasteiger partial charge >= 0.3 is 5.97 Å². The van der Waals surface area contributed by atoms with E-state index in [-0.39, 0.29) is 12.2 Å². The number of esters is 1. The number of hydrogen-bond acceptors (Lipinski definition) is 6. The maximum Gasteiger partial charge on any atom is 0.312 e. The van der Waals surface area contributed by atoms with Crippen LogP contribution in [0.4, 0.5) is 0 Å². The third kappa shape index (κ3) is 4.26. The molecule has 0 aliphatic carbocycles. The molecule has 0 radical (unpaired) electrons. The van der Waals surface area contributed by atoms with Gasteiger partial charge in [-0.2, -0.15) is 11.3 Å². The van der Waals surface area contributed by atoms with Crippen LogP contribution in [-0.4, -0.2) is 22.8 Å². The maximum absolute atomic E-state index is 12.5. The molecule has 0 aliphatic heterocycles. The number of nitrogens with zero attached hydrogens (tertiary/aromatic N) is 1. The zero-order chi connectivity index (χ0) is 18.7. The lowest BCUT2D eigenvalue weighted by molar-refractivity contribution is -0.145. The van der Waals surface area contributed by atoms with Gasteiger partial charge in [0, 0.05) is 21.9 Å². The summed E-state index contributed by atoms with van der Waals surface area (Å²) >= 11 is 3.10. The number of Topliss-reactive ketones (excluding diaryl/α,β-unsaturated/α-hetero) is 1. The summed E-state index contributed by atoms with van der Waals surface area (Å²) in [6.45, 7) is 5.55. The van der Waals surface area contributed by atoms with Crippen LogP contribution in [0.25, 0.3) is 10.6 Å². The van der Waals surface area contributed by atoms with E-state index in [9.17, 15) is 9.59 Å². The first kappa shape index (κ1) is 18.5. The van der Waals surface area contributed by atoms with Crippen LogP contribution in [0, 0.1) is 13.8 Å². The molecule has 2 aromatic heterocycles. The number of aryl methyl sites for hydroxylation is 2. The van der Waals surface area contributed by atoms with Crippen LogP contribution < -0.4 is 0 Å². The van der Waals surface area contributed by atoms with Gasteiger partial charge in [-0.15, -0.1) is 11.3 Å². The van der Waals surface area contributed by atoms with E-state index in [0.29, 0.717) is 11.3 Å². The summed E-state index contributed by atoms with van der Waals surface area (Å²) in [7, 11) is 0. The molecular weight excluding hydrogens is 366 g/mol. The average molecular weight is 386 g/mol. The van der Waals surface area contributed by atoms with Crippen molar-refractivity contribution in [3.05, 3.63) is 62.8 Å². The maximum atomic E-state index is 12.5. The average Bonchev–Trinajstić information content (AvgIpc) is 3.27. The molecule has 6 heteroatoms. The number of carbonyl (C=O) groups excluding carboxylic acids is 2. The van der Waals surface area contributed by atoms with Crippen LogP contribution in [0.3, 0.4) is 0 Å². The highest BCUT2D eigenvalue weighted by atomic mass is 32.1. The highest BCUT2D eigenvalue weighted by molar-refractivity contribution is 7.14. The summed E-state index contributed by atoms with van der Waals surface area (Å²) in [6, 6.07) is 7.49. The number of thiazole rings is 1. The Hall–Kier alpha value is -2.31. The molecule has 26 heavy (non-hydrogen) atoms. The fraction of sp³-hybridized carbons (Fsp3) is 0.250. The van der Waals surface area contributed by atoms with Gasteiger partial charge in [0.15, 0.2) is 6.10 Å². The van der Waals surface area contributed by atoms with Gasteiger partial charge in [-0.3, -0.25) is 9.59 Å². The lowest BCUT2D eigenvalue weighted by Crippen LogP contribution is -2.25. The van der Waals surface area contributed by atoms with E-state index < -0.39 is 12.1 Å². The fourth-order valence-corrected chi connectivity index (χ4v) is 4.01. The Morgan fingerprint density at radius 3 is 2.65 bits per heavy atom. The molecule has 1 atom stereocenters. The molecule has 0 fully saturated rings. The first-order valence-electron chi connectivity index (χ1n) is 8.22. The highest BCUT2D eigenvalue weighted by Crippen LogP contribution is 2.26. The number of benzene rings is 1. The van der Waals surface area contributed by atoms with Gasteiger partial charge in [-0.1, -0.05) is 12.1 Å². The molecule has 0 unspecified atom stereocenters. The second-order valence-corrected chi connectivity index (χ2v) is 7.77. The Labute approximate surface area is 160 Å². The van der Waals surface area contributed by atoms with Crippen LogP contribution in [0.1, 0.15) is 34.1 Å². The van der Waals surface area contributed by atoms with Crippen molar-refractivity contribution in [2.75, 3.05) is 0 Å². The zero-order valence-corrected chi connectivity index (χ0v) is 16.4. The molecule has 2 heterocycles. The normalized spacial score (nSPS) is 12.0. The van der Waals surface area contributed by atoms with Crippen molar-refractivity contribution in [1.82, 2.24) is 4.98 Å². The number of ketones is 1. The second-order valence-electron chi connectivity index (χ2n) is 6.13. The SMILES string of the molecule is Cc1ccc(C(=O)[C@H](C)OC(=O)Cc2csc(-c3ccsc3)n2)cc1C. The molecule has 0 spiro atoms. The van der Waals surface area contributed by atoms with Crippen LogP contribution in [-0.2, 0) is 16.0 Å². The van der Waals surface area contributed by atoms with Gasteiger partial charge in [0.05, 0.1) is 12.1 Å². The smallest absolute Gasteiger partial charge is 0.312 e. The quantitative estimate of drug-likeness (QED) is 0.450. The minimum Gasteiger partial charge on any atom is -0.454 e. The summed E-state index contributed by atoms with van der Waals surface area (Å²) in [5.41, 5.74) is 4.43. The second kappa shape index (κ2) is 7.93. The van der Waals surface area contributed by atoms with Gasteiger partial charge < -0.3 is 4.74 Å². The Morgan fingerprint density at radius 2 is 1.96 bits per heavy atom. The van der Waals surface area contributed by atoms with Crippen LogP contribution in [0.5, 0.6) is 0 Å². The van der Waals surface area contributed by atoms with E-state index >= 15 is 0 Å². The summed E-state index contributed by atoms with van der Waals surface area (Å²) in [6.07, 6.45) is -0.759. The predicted molar refractivity (Wildman–Crippen MR) is 105 cm³/mol. The van der Waals surface area contributed by atoms with Crippen molar-refractivity contribution in [3.8, 4) is 10.6 Å². The fourth-order valence-electron chi connectivity index (χ4n) is 2.48. The molecule has 0 saturated carbocycles. The molecule has 0 aliphatic rings. The molecule has 3 rings (SSSR count). The van der Waals surface area contributed by atoms with Crippen LogP contribution in [0.2, 0.25) is 0 Å². The van der Waals surface area contributed by atoms with E-state index in [2.05, 4.69) is 4.98 Å². The van der Waals surface area contributed by atoms with Crippen molar-refractivity contribution >= 4 is 34.4 Å². The predicted octanol–water partition coefficient (Wildman–Crippen LogP) is 4.85. The Morgan fingerprint density at radius 1 is 1.15 bits per heavy atom.